The first-order valence-electron chi connectivity index (χ1n) is 5.03. The highest BCUT2D eigenvalue weighted by atomic mass is 31.2. The van der Waals surface area contributed by atoms with Gasteiger partial charge in [0.15, 0.2) is 0 Å². The van der Waals surface area contributed by atoms with E-state index in [1.54, 1.807) is 0 Å². The molecule has 0 aliphatic rings. The summed E-state index contributed by atoms with van der Waals surface area (Å²) in [4.78, 5) is 25.0. The summed E-state index contributed by atoms with van der Waals surface area (Å²) in [5, 5.41) is 9.00. The van der Waals surface area contributed by atoms with Crippen LogP contribution in [0.15, 0.2) is 0 Å². The third-order valence-corrected chi connectivity index (χ3v) is 3.09. The smallest absolute Gasteiger partial charge is 0.426 e. The molecule has 0 aromatic heterocycles. The van der Waals surface area contributed by atoms with Gasteiger partial charge in [-0.15, -0.1) is 4.67 Å². The van der Waals surface area contributed by atoms with Crippen LogP contribution in [-0.4, -0.2) is 41.3 Å². The van der Waals surface area contributed by atoms with E-state index in [0.717, 1.165) is 0 Å². The van der Waals surface area contributed by atoms with Gasteiger partial charge in [0.2, 0.25) is 0 Å². The second-order valence-electron chi connectivity index (χ2n) is 2.75. The number of hydrogen-bond acceptors (Lipinski definition) is 6. The summed E-state index contributed by atoms with van der Waals surface area (Å²) in [5.74, 6) is -1.76. The van der Waals surface area contributed by atoms with Gasteiger partial charge in [-0.2, -0.15) is 0 Å². The predicted molar refractivity (Wildman–Crippen MR) is 56.2 cm³/mol. The average Bonchev–Trinajstić information content (AvgIpc) is 2.25. The van der Waals surface area contributed by atoms with Gasteiger partial charge in [-0.25, -0.2) is 9.68 Å². The Balaban J connectivity index is 5.24. The van der Waals surface area contributed by atoms with Gasteiger partial charge in [0.25, 0.3) is 0 Å². The Hall–Kier alpha value is -0.500. The van der Waals surface area contributed by atoms with Crippen molar-refractivity contribution in [2.75, 3.05) is 19.8 Å². The molecule has 1 unspecified atom stereocenters. The number of carboxylic acids is 1. The zero-order valence-corrected chi connectivity index (χ0v) is 10.8. The average molecular weight is 272 g/mol. The van der Waals surface area contributed by atoms with Crippen molar-refractivity contribution < 1.29 is 38.4 Å². The fourth-order valence-electron chi connectivity index (χ4n) is 1.01. The molecule has 0 aromatic carbocycles. The van der Waals surface area contributed by atoms with E-state index in [9.17, 15) is 14.3 Å². The van der Waals surface area contributed by atoms with E-state index in [1.165, 1.54) is 20.8 Å². The van der Waals surface area contributed by atoms with Crippen molar-refractivity contribution in [3.63, 3.8) is 0 Å². The third-order valence-electron chi connectivity index (χ3n) is 1.59. The van der Waals surface area contributed by atoms with Gasteiger partial charge in [0.05, 0.1) is 6.61 Å². The van der Waals surface area contributed by atoms with Gasteiger partial charge in [-0.3, -0.25) is 4.57 Å². The lowest BCUT2D eigenvalue weighted by atomic mass is 10.6. The summed E-state index contributed by atoms with van der Waals surface area (Å²) in [6.07, 6.45) is 0. The Morgan fingerprint density at radius 3 is 1.94 bits per heavy atom. The standard InChI is InChI=1S/C8H17O8P/c1-4-13-8(7(9)10,14-5-2)17(11,12)16-15-6-3/h4-6H2,1-3H3,(H,9,10)(H,11,12). The van der Waals surface area contributed by atoms with Crippen LogP contribution in [0, 0.1) is 0 Å². The first-order chi connectivity index (χ1) is 7.88. The van der Waals surface area contributed by atoms with Crippen molar-refractivity contribution in [1.29, 1.82) is 0 Å². The summed E-state index contributed by atoms with van der Waals surface area (Å²) in [5.41, 5.74) is -2.77. The van der Waals surface area contributed by atoms with Crippen LogP contribution in [0.2, 0.25) is 0 Å². The Morgan fingerprint density at radius 1 is 1.18 bits per heavy atom. The molecule has 9 heteroatoms. The van der Waals surface area contributed by atoms with Crippen LogP contribution in [-0.2, 0) is 28.4 Å². The SMILES string of the molecule is CCOOP(=O)(O)C(OCC)(OCC)C(=O)O. The topological polar surface area (TPSA) is 112 Å². The van der Waals surface area contributed by atoms with Gasteiger partial charge in [0.1, 0.15) is 0 Å². The second-order valence-corrected chi connectivity index (χ2v) is 4.53. The van der Waals surface area contributed by atoms with Gasteiger partial charge in [-0.1, -0.05) is 0 Å². The molecule has 0 aliphatic heterocycles. The van der Waals surface area contributed by atoms with Crippen LogP contribution in [0.5, 0.6) is 0 Å². The number of carbonyl (C=O) groups is 1. The molecular formula is C8H17O8P. The van der Waals surface area contributed by atoms with Crippen LogP contribution < -0.4 is 0 Å². The van der Waals surface area contributed by atoms with Crippen LogP contribution in [0.4, 0.5) is 0 Å². The molecule has 17 heavy (non-hydrogen) atoms. The summed E-state index contributed by atoms with van der Waals surface area (Å²) in [6, 6.07) is 0. The van der Waals surface area contributed by atoms with Crippen molar-refractivity contribution in [2.24, 2.45) is 0 Å². The summed E-state index contributed by atoms with van der Waals surface area (Å²) in [6.45, 7) is 4.09. The molecule has 0 heterocycles. The van der Waals surface area contributed by atoms with E-state index in [2.05, 4.69) is 9.56 Å². The molecule has 2 N–H and O–H groups in total. The maximum atomic E-state index is 11.8. The normalized spacial score (nSPS) is 15.5. The lowest BCUT2D eigenvalue weighted by Gasteiger charge is -2.30. The molecule has 0 spiro atoms. The Morgan fingerprint density at radius 2 is 1.65 bits per heavy atom. The predicted octanol–water partition coefficient (Wildman–Crippen LogP) is 0.951. The van der Waals surface area contributed by atoms with Crippen LogP contribution >= 0.6 is 7.60 Å². The molecule has 0 saturated carbocycles. The molecule has 0 rings (SSSR count). The molecule has 0 aliphatic carbocycles. The highest BCUT2D eigenvalue weighted by Crippen LogP contribution is 2.57. The molecular weight excluding hydrogens is 255 g/mol. The van der Waals surface area contributed by atoms with Gasteiger partial charge in [-0.05, 0) is 20.8 Å². The minimum absolute atomic E-state index is 0.0293. The summed E-state index contributed by atoms with van der Waals surface area (Å²) >= 11 is 0. The van der Waals surface area contributed by atoms with Crippen molar-refractivity contribution in [3.05, 3.63) is 0 Å². The quantitative estimate of drug-likeness (QED) is 0.276. The first kappa shape index (κ1) is 16.5. The highest BCUT2D eigenvalue weighted by molar-refractivity contribution is 7.55. The number of ether oxygens (including phenoxy) is 2. The molecule has 102 valence electrons. The van der Waals surface area contributed by atoms with Crippen LogP contribution in [0.25, 0.3) is 0 Å². The zero-order chi connectivity index (χ0) is 13.5. The Labute approximate surface area is 98.9 Å². The Bertz CT molecular complexity index is 285. The third kappa shape index (κ3) is 3.74. The number of hydrogen-bond donors (Lipinski definition) is 2. The fraction of sp³-hybridized carbons (Fsp3) is 0.875. The van der Waals surface area contributed by atoms with Gasteiger partial charge in [0, 0.05) is 13.2 Å². The van der Waals surface area contributed by atoms with Crippen molar-refractivity contribution in [2.45, 2.75) is 26.3 Å². The van der Waals surface area contributed by atoms with Gasteiger partial charge >= 0.3 is 19.1 Å². The first-order valence-corrected chi connectivity index (χ1v) is 6.61. The van der Waals surface area contributed by atoms with Crippen LogP contribution in [0.1, 0.15) is 20.8 Å². The minimum Gasteiger partial charge on any atom is -0.477 e. The van der Waals surface area contributed by atoms with Crippen molar-refractivity contribution >= 4 is 13.6 Å². The molecule has 0 fully saturated rings. The molecule has 8 nitrogen and oxygen atoms in total. The summed E-state index contributed by atoms with van der Waals surface area (Å²) in [7, 11) is -4.81. The minimum atomic E-state index is -4.81. The molecule has 0 amide bonds. The van der Waals surface area contributed by atoms with Crippen molar-refractivity contribution in [1.82, 2.24) is 0 Å². The monoisotopic (exact) mass is 272 g/mol. The van der Waals surface area contributed by atoms with E-state index < -0.39 is 19.1 Å². The lowest BCUT2D eigenvalue weighted by Crippen LogP contribution is -2.44. The summed E-state index contributed by atoms with van der Waals surface area (Å²) < 4.78 is 25.5. The molecule has 0 radical (unpaired) electrons. The molecule has 1 atom stereocenters. The zero-order valence-electron chi connectivity index (χ0n) is 9.91. The second kappa shape index (κ2) is 7.05. The van der Waals surface area contributed by atoms with Crippen molar-refractivity contribution in [3.8, 4) is 0 Å². The number of rotatable bonds is 9. The molecule has 0 bridgehead atoms. The Kier molecular flexibility index (Phi) is 6.84. The highest BCUT2D eigenvalue weighted by Gasteiger charge is 2.60. The van der Waals surface area contributed by atoms with E-state index in [-0.39, 0.29) is 19.8 Å². The van der Waals surface area contributed by atoms with E-state index in [1.807, 2.05) is 0 Å². The molecule has 0 aromatic rings. The maximum Gasteiger partial charge on any atom is 0.426 e. The maximum absolute atomic E-state index is 11.8. The van der Waals surface area contributed by atoms with E-state index in [4.69, 9.17) is 14.6 Å². The fourth-order valence-corrected chi connectivity index (χ4v) is 2.19. The van der Waals surface area contributed by atoms with Crippen LogP contribution in [0.3, 0.4) is 0 Å². The molecule has 0 saturated heterocycles. The number of carboxylic acid groups (broad SMARTS) is 1. The van der Waals surface area contributed by atoms with E-state index in [0.29, 0.717) is 0 Å². The van der Waals surface area contributed by atoms with Gasteiger partial charge < -0.3 is 19.5 Å². The van der Waals surface area contributed by atoms with E-state index >= 15 is 0 Å². The number of aliphatic carboxylic acids is 1. The lowest BCUT2D eigenvalue weighted by molar-refractivity contribution is -0.248. The largest absolute Gasteiger partial charge is 0.477 e.